The van der Waals surface area contributed by atoms with Crippen LogP contribution in [0.5, 0.6) is 0 Å². The van der Waals surface area contributed by atoms with Crippen molar-refractivity contribution in [2.45, 2.75) is 25.9 Å². The average molecular weight is 998 g/mol. The lowest BCUT2D eigenvalue weighted by atomic mass is 10.1. The van der Waals surface area contributed by atoms with Crippen LogP contribution < -0.4 is 21.3 Å². The fraction of sp³-hybridized carbons (Fsp3) is 0.100. The first-order chi connectivity index (χ1) is 29.3. The molecule has 0 radical (unpaired) electrons. The van der Waals surface area contributed by atoms with E-state index in [1.54, 1.807) is 12.1 Å². The summed E-state index contributed by atoms with van der Waals surface area (Å²) in [5.74, 6) is -4.69. The van der Waals surface area contributed by atoms with Crippen molar-refractivity contribution >= 4 is 162 Å². The van der Waals surface area contributed by atoms with Crippen LogP contribution in [0.15, 0.2) is 105 Å². The van der Waals surface area contributed by atoms with E-state index < -0.39 is 47.3 Å². The number of halogens is 8. The molecule has 14 nitrogen and oxygen atoms in total. The highest BCUT2D eigenvalue weighted by molar-refractivity contribution is 6.41. The summed E-state index contributed by atoms with van der Waals surface area (Å²) in [5.41, 5.74) is 0.161. The van der Waals surface area contributed by atoms with Crippen LogP contribution in [0.3, 0.4) is 0 Å². The monoisotopic (exact) mass is 994 g/mol. The highest BCUT2D eigenvalue weighted by Crippen LogP contribution is 2.36. The van der Waals surface area contributed by atoms with E-state index in [0.29, 0.717) is 10.0 Å². The SMILES string of the molecule is CC(=O)C(N=Nc1cccc(C(=O)Nc2cc(Cl)ccc2Cl)c1Cl)C(=O)Nc1cc(Cl)c(NC(=O)C(N=Nc2cccc(C(=O)Nc3cc(Cl)ccc3Cl)c2Cl)C(C)=O)c(Cl)c1. The molecule has 5 aromatic carbocycles. The van der Waals surface area contributed by atoms with E-state index in [1.807, 2.05) is 0 Å². The number of hydrogen-bond donors (Lipinski definition) is 4. The van der Waals surface area contributed by atoms with Gasteiger partial charge in [-0.3, -0.25) is 28.8 Å². The minimum absolute atomic E-state index is 0.0141. The van der Waals surface area contributed by atoms with Crippen LogP contribution >= 0.6 is 92.8 Å². The van der Waals surface area contributed by atoms with Crippen LogP contribution in [0.1, 0.15) is 34.6 Å². The van der Waals surface area contributed by atoms with Gasteiger partial charge in [-0.2, -0.15) is 20.5 Å². The molecule has 0 bridgehead atoms. The Morgan fingerprint density at radius 1 is 0.484 bits per heavy atom. The van der Waals surface area contributed by atoms with Gasteiger partial charge in [0.2, 0.25) is 12.1 Å². The number of benzene rings is 5. The number of amides is 4. The van der Waals surface area contributed by atoms with Crippen LogP contribution in [0.25, 0.3) is 0 Å². The number of carbonyl (C=O) groups excluding carboxylic acids is 6. The van der Waals surface area contributed by atoms with Crippen LogP contribution in [-0.2, 0) is 19.2 Å². The Hall–Kier alpha value is -5.16. The molecule has 0 saturated heterocycles. The van der Waals surface area contributed by atoms with E-state index in [9.17, 15) is 28.8 Å². The molecule has 62 heavy (non-hydrogen) atoms. The summed E-state index contributed by atoms with van der Waals surface area (Å²) in [5, 5.41) is 26.2. The highest BCUT2D eigenvalue weighted by atomic mass is 35.5. The van der Waals surface area contributed by atoms with Crippen molar-refractivity contribution in [1.82, 2.24) is 0 Å². The van der Waals surface area contributed by atoms with E-state index >= 15 is 0 Å². The third-order valence-corrected chi connectivity index (χ3v) is 10.7. The molecule has 4 N–H and O–H groups in total. The van der Waals surface area contributed by atoms with Gasteiger partial charge in [-0.25, -0.2) is 0 Å². The number of nitrogens with zero attached hydrogens (tertiary/aromatic N) is 4. The van der Waals surface area contributed by atoms with Crippen molar-refractivity contribution in [1.29, 1.82) is 0 Å². The topological polar surface area (TPSA) is 200 Å². The van der Waals surface area contributed by atoms with Gasteiger partial charge in [-0.05, 0) is 86.6 Å². The Kier molecular flexibility index (Phi) is 16.4. The Balaban J connectivity index is 1.27. The zero-order valence-electron chi connectivity index (χ0n) is 31.5. The summed E-state index contributed by atoms with van der Waals surface area (Å²) in [7, 11) is 0. The summed E-state index contributed by atoms with van der Waals surface area (Å²) in [6.07, 6.45) is 0. The molecule has 0 aromatic heterocycles. The quantitative estimate of drug-likeness (QED) is 0.0630. The summed E-state index contributed by atoms with van der Waals surface area (Å²) in [6, 6.07) is 16.5. The number of nitrogens with one attached hydrogen (secondary N) is 4. The number of ketones is 2. The lowest BCUT2D eigenvalue weighted by Crippen LogP contribution is -2.32. The Morgan fingerprint density at radius 2 is 0.887 bits per heavy atom. The van der Waals surface area contributed by atoms with Crippen LogP contribution in [-0.4, -0.2) is 47.3 Å². The summed E-state index contributed by atoms with van der Waals surface area (Å²) < 4.78 is 0. The summed E-state index contributed by atoms with van der Waals surface area (Å²) in [6.45, 7) is 2.19. The van der Waals surface area contributed by atoms with Gasteiger partial charge in [-0.15, -0.1) is 0 Å². The molecular weight excluding hydrogens is 972 g/mol. The fourth-order valence-corrected chi connectivity index (χ4v) is 6.91. The summed E-state index contributed by atoms with van der Waals surface area (Å²) in [4.78, 5) is 77.7. The summed E-state index contributed by atoms with van der Waals surface area (Å²) >= 11 is 50.1. The first kappa shape index (κ1) is 47.9. The molecule has 0 aliphatic carbocycles. The molecule has 0 fully saturated rings. The number of anilines is 4. The zero-order valence-corrected chi connectivity index (χ0v) is 37.5. The normalized spacial score (nSPS) is 12.2. The van der Waals surface area contributed by atoms with Gasteiger partial charge in [0.25, 0.3) is 23.6 Å². The second-order valence-electron chi connectivity index (χ2n) is 12.7. The fourth-order valence-electron chi connectivity index (χ4n) is 5.15. The van der Waals surface area contributed by atoms with Crippen molar-refractivity contribution in [3.05, 3.63) is 136 Å². The highest BCUT2D eigenvalue weighted by Gasteiger charge is 2.27. The maximum Gasteiger partial charge on any atom is 0.258 e. The molecule has 0 spiro atoms. The predicted molar refractivity (Wildman–Crippen MR) is 243 cm³/mol. The lowest BCUT2D eigenvalue weighted by molar-refractivity contribution is -0.127. The van der Waals surface area contributed by atoms with Crippen molar-refractivity contribution in [3.63, 3.8) is 0 Å². The number of hydrogen-bond acceptors (Lipinski definition) is 10. The molecule has 5 rings (SSSR count). The van der Waals surface area contributed by atoms with Crippen LogP contribution in [0, 0.1) is 0 Å². The zero-order chi connectivity index (χ0) is 45.4. The molecule has 0 aliphatic rings. The van der Waals surface area contributed by atoms with Gasteiger partial charge in [0, 0.05) is 15.7 Å². The molecule has 2 unspecified atom stereocenters. The van der Waals surface area contributed by atoms with Crippen molar-refractivity contribution in [2.24, 2.45) is 20.5 Å². The number of rotatable bonds is 14. The molecule has 0 heterocycles. The van der Waals surface area contributed by atoms with Gasteiger partial charge >= 0.3 is 0 Å². The van der Waals surface area contributed by atoms with Crippen LogP contribution in [0.2, 0.25) is 40.2 Å². The molecule has 0 aliphatic heterocycles. The van der Waals surface area contributed by atoms with E-state index in [-0.39, 0.29) is 75.4 Å². The first-order valence-corrected chi connectivity index (χ1v) is 20.4. The van der Waals surface area contributed by atoms with E-state index in [2.05, 4.69) is 41.7 Å². The van der Waals surface area contributed by atoms with Gasteiger partial charge in [0.05, 0.1) is 58.3 Å². The first-order valence-electron chi connectivity index (χ1n) is 17.4. The smallest absolute Gasteiger partial charge is 0.258 e. The van der Waals surface area contributed by atoms with E-state index in [0.717, 1.165) is 13.8 Å². The molecular formula is C40H26Cl8N8O6. The minimum Gasteiger partial charge on any atom is -0.324 e. The third kappa shape index (κ3) is 12.1. The van der Waals surface area contributed by atoms with E-state index in [4.69, 9.17) is 92.8 Å². The second kappa shape index (κ2) is 21.3. The van der Waals surface area contributed by atoms with Crippen molar-refractivity contribution < 1.29 is 28.8 Å². The largest absolute Gasteiger partial charge is 0.324 e. The maximum atomic E-state index is 13.3. The van der Waals surface area contributed by atoms with Gasteiger partial charge in [0.1, 0.15) is 11.4 Å². The lowest BCUT2D eigenvalue weighted by Gasteiger charge is -2.15. The number of carbonyl (C=O) groups is 6. The standard InChI is InChI=1S/C40H26Cl8N8O6/c1-17(57)34(55-53-28-7-3-5-22(32(28)47)37(59)50-30-13-19(41)9-11-24(30)43)39(61)49-21-15-26(45)36(27(46)16-21)52-40(62)35(18(2)58)56-54-29-8-4-6-23(33(29)48)38(60)51-31-14-20(42)10-12-25(31)44/h3-16,34-35H,1-2H3,(H,49,61)(H,50,59)(H,51,60)(H,52,62). The van der Waals surface area contributed by atoms with Crippen LogP contribution in [0.4, 0.5) is 34.1 Å². The molecule has 22 heteroatoms. The Morgan fingerprint density at radius 3 is 1.29 bits per heavy atom. The van der Waals surface area contributed by atoms with Gasteiger partial charge in [-0.1, -0.05) is 105 Å². The van der Waals surface area contributed by atoms with Crippen molar-refractivity contribution in [2.75, 3.05) is 21.3 Å². The van der Waals surface area contributed by atoms with Gasteiger partial charge in [0.15, 0.2) is 11.6 Å². The van der Waals surface area contributed by atoms with E-state index in [1.165, 1.54) is 72.8 Å². The number of azo groups is 2. The maximum absolute atomic E-state index is 13.3. The van der Waals surface area contributed by atoms with Gasteiger partial charge < -0.3 is 21.3 Å². The molecule has 318 valence electrons. The number of Topliss-reactive ketones (excluding diaryl/α,β-unsaturated/α-hetero) is 2. The molecule has 4 amide bonds. The molecule has 0 saturated carbocycles. The third-order valence-electron chi connectivity index (χ3n) is 8.19. The van der Waals surface area contributed by atoms with Crippen molar-refractivity contribution in [3.8, 4) is 0 Å². The second-order valence-corrected chi connectivity index (χ2v) is 15.9. The Labute approximate surface area is 392 Å². The minimum atomic E-state index is -1.73. The molecule has 5 aromatic rings. The molecule has 2 atom stereocenters. The predicted octanol–water partition coefficient (Wildman–Crippen LogP) is 12.8. The Bertz CT molecular complexity index is 2690. The average Bonchev–Trinajstić information content (AvgIpc) is 3.20.